The zero-order chi connectivity index (χ0) is 15.0. The van der Waals surface area contributed by atoms with Crippen LogP contribution in [0.25, 0.3) is 22.0 Å². The lowest BCUT2D eigenvalue weighted by molar-refractivity contribution is 0.416. The number of halogens is 2. The van der Waals surface area contributed by atoms with Gasteiger partial charge in [0.05, 0.1) is 22.7 Å². The highest BCUT2D eigenvalue weighted by Crippen LogP contribution is 2.39. The number of aryl methyl sites for hydroxylation is 1. The molecule has 4 heteroatoms. The summed E-state index contributed by atoms with van der Waals surface area (Å²) in [5.74, 6) is 0.681. The van der Waals surface area contributed by atoms with E-state index in [2.05, 4.69) is 24.0 Å². The molecule has 0 aliphatic heterocycles. The van der Waals surface area contributed by atoms with E-state index in [4.69, 9.17) is 27.9 Å². The van der Waals surface area contributed by atoms with Gasteiger partial charge < -0.3 is 4.74 Å². The summed E-state index contributed by atoms with van der Waals surface area (Å²) in [6, 6.07) is 11.7. The van der Waals surface area contributed by atoms with Gasteiger partial charge in [0.2, 0.25) is 0 Å². The third-order valence-electron chi connectivity index (χ3n) is 3.52. The highest BCUT2D eigenvalue weighted by atomic mass is 35.5. The molecule has 3 rings (SSSR count). The molecule has 2 aromatic carbocycles. The molecule has 0 bridgehead atoms. The van der Waals surface area contributed by atoms with Crippen molar-refractivity contribution in [3.8, 4) is 16.9 Å². The van der Waals surface area contributed by atoms with Crippen molar-refractivity contribution in [2.75, 3.05) is 7.11 Å². The molecule has 0 unspecified atom stereocenters. The van der Waals surface area contributed by atoms with E-state index in [1.54, 1.807) is 19.4 Å². The second kappa shape index (κ2) is 5.55. The van der Waals surface area contributed by atoms with Gasteiger partial charge in [-0.15, -0.1) is 0 Å². The first-order valence-electron chi connectivity index (χ1n) is 6.49. The van der Waals surface area contributed by atoms with Crippen molar-refractivity contribution >= 4 is 34.1 Å². The lowest BCUT2D eigenvalue weighted by Gasteiger charge is -2.13. The highest BCUT2D eigenvalue weighted by molar-refractivity contribution is 6.42. The van der Waals surface area contributed by atoms with Crippen molar-refractivity contribution in [3.63, 3.8) is 0 Å². The molecule has 0 atom stereocenters. The van der Waals surface area contributed by atoms with Gasteiger partial charge in [0, 0.05) is 28.8 Å². The Hall–Kier alpha value is -1.77. The minimum absolute atomic E-state index is 0.474. The van der Waals surface area contributed by atoms with Gasteiger partial charge in [0.25, 0.3) is 0 Å². The van der Waals surface area contributed by atoms with Crippen LogP contribution in [-0.2, 0) is 0 Å². The van der Waals surface area contributed by atoms with Gasteiger partial charge in [-0.2, -0.15) is 0 Å². The number of fused-ring (bicyclic) bond motifs is 1. The Labute approximate surface area is 133 Å². The maximum Gasteiger partial charge on any atom is 0.128 e. The quantitative estimate of drug-likeness (QED) is 0.620. The summed E-state index contributed by atoms with van der Waals surface area (Å²) < 4.78 is 5.44. The molecule has 21 heavy (non-hydrogen) atoms. The minimum Gasteiger partial charge on any atom is -0.496 e. The van der Waals surface area contributed by atoms with Crippen molar-refractivity contribution in [2.24, 2.45) is 0 Å². The standard InChI is InChI=1S/C17H13Cl2NO/c1-10-5-6-12(17-11(10)4-3-7-20-17)13-8-14(18)15(19)9-16(13)21-2/h3-9H,1-2H3. The Bertz CT molecular complexity index is 830. The van der Waals surface area contributed by atoms with E-state index in [1.807, 2.05) is 18.2 Å². The van der Waals surface area contributed by atoms with E-state index in [0.717, 1.165) is 22.0 Å². The van der Waals surface area contributed by atoms with Crippen molar-refractivity contribution in [1.29, 1.82) is 0 Å². The van der Waals surface area contributed by atoms with Crippen molar-refractivity contribution in [1.82, 2.24) is 4.98 Å². The molecular formula is C17H13Cl2NO. The van der Waals surface area contributed by atoms with E-state index in [-0.39, 0.29) is 0 Å². The van der Waals surface area contributed by atoms with E-state index >= 15 is 0 Å². The summed E-state index contributed by atoms with van der Waals surface area (Å²) in [6.45, 7) is 2.07. The molecule has 1 aromatic heterocycles. The Kier molecular flexibility index (Phi) is 3.75. The van der Waals surface area contributed by atoms with Crippen LogP contribution in [0.5, 0.6) is 5.75 Å². The van der Waals surface area contributed by atoms with E-state index in [0.29, 0.717) is 15.8 Å². The number of benzene rings is 2. The maximum absolute atomic E-state index is 6.17. The van der Waals surface area contributed by atoms with Gasteiger partial charge in [-0.25, -0.2) is 0 Å². The SMILES string of the molecule is COc1cc(Cl)c(Cl)cc1-c1ccc(C)c2cccnc12. The van der Waals surface area contributed by atoms with E-state index in [1.165, 1.54) is 5.56 Å². The molecule has 1 heterocycles. The van der Waals surface area contributed by atoms with Crippen LogP contribution in [0.4, 0.5) is 0 Å². The normalized spacial score (nSPS) is 10.9. The largest absolute Gasteiger partial charge is 0.496 e. The summed E-state index contributed by atoms with van der Waals surface area (Å²) in [7, 11) is 1.62. The number of nitrogens with zero attached hydrogens (tertiary/aromatic N) is 1. The van der Waals surface area contributed by atoms with Crippen LogP contribution < -0.4 is 4.74 Å². The van der Waals surface area contributed by atoms with E-state index < -0.39 is 0 Å². The molecule has 0 radical (unpaired) electrons. The fourth-order valence-electron chi connectivity index (χ4n) is 2.44. The Morgan fingerprint density at radius 3 is 2.52 bits per heavy atom. The van der Waals surface area contributed by atoms with Crippen molar-refractivity contribution in [2.45, 2.75) is 6.92 Å². The lowest BCUT2D eigenvalue weighted by Crippen LogP contribution is -1.92. The van der Waals surface area contributed by atoms with Crippen molar-refractivity contribution in [3.05, 3.63) is 58.2 Å². The zero-order valence-corrected chi connectivity index (χ0v) is 13.2. The number of rotatable bonds is 2. The number of ether oxygens (including phenoxy) is 1. The summed E-state index contributed by atoms with van der Waals surface area (Å²) in [6.07, 6.45) is 1.79. The Morgan fingerprint density at radius 1 is 1.00 bits per heavy atom. The summed E-state index contributed by atoms with van der Waals surface area (Å²) >= 11 is 12.2. The summed E-state index contributed by atoms with van der Waals surface area (Å²) in [5.41, 5.74) is 3.97. The lowest BCUT2D eigenvalue weighted by atomic mass is 9.98. The number of hydrogen-bond donors (Lipinski definition) is 0. The zero-order valence-electron chi connectivity index (χ0n) is 11.7. The van der Waals surface area contributed by atoms with Crippen LogP contribution in [0, 0.1) is 6.92 Å². The van der Waals surface area contributed by atoms with Gasteiger partial charge >= 0.3 is 0 Å². The fourth-order valence-corrected chi connectivity index (χ4v) is 2.76. The van der Waals surface area contributed by atoms with Gasteiger partial charge in [0.1, 0.15) is 5.75 Å². The summed E-state index contributed by atoms with van der Waals surface area (Å²) in [5, 5.41) is 2.09. The second-order valence-electron chi connectivity index (χ2n) is 4.80. The molecule has 0 spiro atoms. The third kappa shape index (κ3) is 2.45. The van der Waals surface area contributed by atoms with Crippen molar-refractivity contribution < 1.29 is 4.74 Å². The van der Waals surface area contributed by atoms with Crippen LogP contribution in [0.1, 0.15) is 5.56 Å². The Morgan fingerprint density at radius 2 is 1.76 bits per heavy atom. The minimum atomic E-state index is 0.474. The molecule has 106 valence electrons. The first-order valence-corrected chi connectivity index (χ1v) is 7.25. The monoisotopic (exact) mass is 317 g/mol. The van der Waals surface area contributed by atoms with Crippen LogP contribution in [0.15, 0.2) is 42.6 Å². The molecule has 0 saturated heterocycles. The third-order valence-corrected chi connectivity index (χ3v) is 4.24. The molecule has 0 aliphatic rings. The number of hydrogen-bond acceptors (Lipinski definition) is 2. The highest BCUT2D eigenvalue weighted by Gasteiger charge is 2.14. The fraction of sp³-hybridized carbons (Fsp3) is 0.118. The molecule has 3 aromatic rings. The van der Waals surface area contributed by atoms with Crippen LogP contribution >= 0.6 is 23.2 Å². The number of aromatic nitrogens is 1. The maximum atomic E-state index is 6.17. The van der Waals surface area contributed by atoms with Crippen LogP contribution in [0.3, 0.4) is 0 Å². The average molecular weight is 318 g/mol. The number of pyridine rings is 1. The van der Waals surface area contributed by atoms with Gasteiger partial charge in [0.15, 0.2) is 0 Å². The molecule has 0 fully saturated rings. The Balaban J connectivity index is 2.36. The summed E-state index contributed by atoms with van der Waals surface area (Å²) in [4.78, 5) is 4.51. The predicted molar refractivity (Wildman–Crippen MR) is 88.5 cm³/mol. The molecule has 0 aliphatic carbocycles. The molecular weight excluding hydrogens is 305 g/mol. The smallest absolute Gasteiger partial charge is 0.128 e. The average Bonchev–Trinajstić information content (AvgIpc) is 2.50. The number of methoxy groups -OCH3 is 1. The topological polar surface area (TPSA) is 22.1 Å². The predicted octanol–water partition coefficient (Wildman–Crippen LogP) is 5.53. The second-order valence-corrected chi connectivity index (χ2v) is 5.61. The van der Waals surface area contributed by atoms with Crippen LogP contribution in [-0.4, -0.2) is 12.1 Å². The first-order chi connectivity index (χ1) is 10.1. The van der Waals surface area contributed by atoms with Gasteiger partial charge in [-0.3, -0.25) is 4.98 Å². The van der Waals surface area contributed by atoms with Gasteiger partial charge in [-0.05, 0) is 24.6 Å². The molecule has 0 amide bonds. The first kappa shape index (κ1) is 14.2. The molecule has 0 N–H and O–H groups in total. The van der Waals surface area contributed by atoms with Crippen LogP contribution in [0.2, 0.25) is 10.0 Å². The molecule has 0 saturated carbocycles. The molecule has 2 nitrogen and oxygen atoms in total. The van der Waals surface area contributed by atoms with Gasteiger partial charge in [-0.1, -0.05) is 41.4 Å². The van der Waals surface area contributed by atoms with E-state index in [9.17, 15) is 0 Å².